The maximum atomic E-state index is 5.81. The predicted octanol–water partition coefficient (Wildman–Crippen LogP) is 3.20. The van der Waals surface area contributed by atoms with Crippen LogP contribution < -0.4 is 4.90 Å². The number of aromatic nitrogens is 2. The molecule has 0 saturated heterocycles. The third kappa shape index (κ3) is 3.67. The van der Waals surface area contributed by atoms with Gasteiger partial charge in [0.15, 0.2) is 0 Å². The van der Waals surface area contributed by atoms with Crippen LogP contribution in [0.1, 0.15) is 16.7 Å². The van der Waals surface area contributed by atoms with E-state index in [1.807, 2.05) is 30.7 Å². The third-order valence-electron chi connectivity index (χ3n) is 3.11. The van der Waals surface area contributed by atoms with E-state index >= 15 is 0 Å². The molecule has 0 aromatic carbocycles. The van der Waals surface area contributed by atoms with Crippen molar-refractivity contribution in [1.29, 1.82) is 0 Å². The smallest absolute Gasteiger partial charge is 0.131 e. The highest BCUT2D eigenvalue weighted by Crippen LogP contribution is 2.18. The maximum Gasteiger partial charge on any atom is 0.131 e. The Kier molecular flexibility index (Phi) is 4.74. The van der Waals surface area contributed by atoms with Gasteiger partial charge in [0.25, 0.3) is 0 Å². The molecular formula is C15H18ClN3. The fourth-order valence-electron chi connectivity index (χ4n) is 2.05. The van der Waals surface area contributed by atoms with Gasteiger partial charge < -0.3 is 4.90 Å². The lowest BCUT2D eigenvalue weighted by Gasteiger charge is -2.20. The first kappa shape index (κ1) is 13.8. The fourth-order valence-corrected chi connectivity index (χ4v) is 2.20. The summed E-state index contributed by atoms with van der Waals surface area (Å²) in [5.41, 5.74) is 3.51. The minimum atomic E-state index is 0.509. The molecule has 2 aromatic rings. The lowest BCUT2D eigenvalue weighted by atomic mass is 10.2. The summed E-state index contributed by atoms with van der Waals surface area (Å²) in [6.07, 6.45) is 6.48. The summed E-state index contributed by atoms with van der Waals surface area (Å²) in [6, 6.07) is 6.19. The zero-order chi connectivity index (χ0) is 13.7. The van der Waals surface area contributed by atoms with Crippen LogP contribution in [0, 0.1) is 6.92 Å². The van der Waals surface area contributed by atoms with Gasteiger partial charge in [0, 0.05) is 38.1 Å². The van der Waals surface area contributed by atoms with Crippen LogP contribution in [0.2, 0.25) is 0 Å². The van der Waals surface area contributed by atoms with E-state index in [1.54, 1.807) is 0 Å². The first-order chi connectivity index (χ1) is 9.20. The Balaban J connectivity index is 2.02. The number of halogens is 1. The molecule has 0 unspecified atom stereocenters. The number of nitrogens with zero attached hydrogens (tertiary/aromatic N) is 3. The molecule has 4 heteroatoms. The predicted molar refractivity (Wildman–Crippen MR) is 79.7 cm³/mol. The summed E-state index contributed by atoms with van der Waals surface area (Å²) in [7, 11) is 2.07. The van der Waals surface area contributed by atoms with E-state index in [9.17, 15) is 0 Å². The zero-order valence-electron chi connectivity index (χ0n) is 11.3. The molecule has 0 fully saturated rings. The Bertz CT molecular complexity index is 528. The number of likely N-dealkylation sites (N-methyl/N-ethyl adjacent to an activating group) is 1. The van der Waals surface area contributed by atoms with E-state index in [0.29, 0.717) is 5.88 Å². The van der Waals surface area contributed by atoms with Gasteiger partial charge in [0.2, 0.25) is 0 Å². The Hall–Kier alpha value is -1.61. The van der Waals surface area contributed by atoms with Crippen molar-refractivity contribution >= 4 is 17.4 Å². The van der Waals surface area contributed by atoms with Gasteiger partial charge in [0.1, 0.15) is 5.82 Å². The molecule has 0 spiro atoms. The van der Waals surface area contributed by atoms with Gasteiger partial charge in [-0.25, -0.2) is 4.98 Å². The number of rotatable bonds is 5. The number of pyridine rings is 2. The van der Waals surface area contributed by atoms with Crippen molar-refractivity contribution in [2.24, 2.45) is 0 Å². The second kappa shape index (κ2) is 6.53. The minimum Gasteiger partial charge on any atom is -0.359 e. The van der Waals surface area contributed by atoms with Crippen LogP contribution in [0.15, 0.2) is 36.8 Å². The quantitative estimate of drug-likeness (QED) is 0.785. The standard InChI is InChI=1S/C15H18ClN3/c1-12-9-14(10-16)11-18-15(12)19(2)8-5-13-3-6-17-7-4-13/h3-4,6-7,9,11H,5,8,10H2,1-2H3. The number of aryl methyl sites for hydroxylation is 1. The van der Waals surface area contributed by atoms with E-state index in [-0.39, 0.29) is 0 Å². The van der Waals surface area contributed by atoms with Gasteiger partial charge in [-0.1, -0.05) is 0 Å². The van der Waals surface area contributed by atoms with Gasteiger partial charge in [0.05, 0.1) is 0 Å². The van der Waals surface area contributed by atoms with Gasteiger partial charge in [-0.3, -0.25) is 4.98 Å². The molecule has 19 heavy (non-hydrogen) atoms. The molecule has 0 atom stereocenters. The van der Waals surface area contributed by atoms with Crippen molar-refractivity contribution in [2.75, 3.05) is 18.5 Å². The summed E-state index contributed by atoms with van der Waals surface area (Å²) < 4.78 is 0. The molecule has 0 bridgehead atoms. The first-order valence-electron chi connectivity index (χ1n) is 6.32. The Morgan fingerprint density at radius 1 is 1.21 bits per heavy atom. The lowest BCUT2D eigenvalue weighted by Crippen LogP contribution is -2.22. The molecule has 0 radical (unpaired) electrons. The summed E-state index contributed by atoms with van der Waals surface area (Å²) in [6.45, 7) is 3.00. The van der Waals surface area contributed by atoms with E-state index in [0.717, 1.165) is 29.9 Å². The van der Waals surface area contributed by atoms with E-state index in [1.165, 1.54) is 5.56 Å². The summed E-state index contributed by atoms with van der Waals surface area (Å²) in [5, 5.41) is 0. The Morgan fingerprint density at radius 3 is 2.58 bits per heavy atom. The second-order valence-electron chi connectivity index (χ2n) is 4.64. The SMILES string of the molecule is Cc1cc(CCl)cnc1N(C)CCc1ccncc1. The van der Waals surface area contributed by atoms with Crippen molar-refractivity contribution in [3.8, 4) is 0 Å². The van der Waals surface area contributed by atoms with Gasteiger partial charge >= 0.3 is 0 Å². The monoisotopic (exact) mass is 275 g/mol. The van der Waals surface area contributed by atoms with Crippen LogP contribution >= 0.6 is 11.6 Å². The lowest BCUT2D eigenvalue weighted by molar-refractivity contribution is 0.852. The molecule has 2 heterocycles. The van der Waals surface area contributed by atoms with Crippen molar-refractivity contribution in [3.63, 3.8) is 0 Å². The maximum absolute atomic E-state index is 5.81. The topological polar surface area (TPSA) is 29.0 Å². The van der Waals surface area contributed by atoms with Crippen molar-refractivity contribution in [2.45, 2.75) is 19.2 Å². The van der Waals surface area contributed by atoms with E-state index < -0.39 is 0 Å². The number of hydrogen-bond acceptors (Lipinski definition) is 3. The molecule has 0 N–H and O–H groups in total. The molecule has 3 nitrogen and oxygen atoms in total. The highest BCUT2D eigenvalue weighted by Gasteiger charge is 2.07. The molecule has 0 aliphatic rings. The second-order valence-corrected chi connectivity index (χ2v) is 4.91. The summed E-state index contributed by atoms with van der Waals surface area (Å²) in [5.74, 6) is 1.53. The van der Waals surface area contributed by atoms with Gasteiger partial charge in [-0.05, 0) is 48.2 Å². The Labute approximate surface area is 119 Å². The Morgan fingerprint density at radius 2 is 1.95 bits per heavy atom. The summed E-state index contributed by atoms with van der Waals surface area (Å²) >= 11 is 5.81. The van der Waals surface area contributed by atoms with Crippen LogP contribution in [0.3, 0.4) is 0 Å². The van der Waals surface area contributed by atoms with Crippen LogP contribution in [-0.4, -0.2) is 23.6 Å². The molecule has 2 aromatic heterocycles. The van der Waals surface area contributed by atoms with Crippen molar-refractivity contribution < 1.29 is 0 Å². The largest absolute Gasteiger partial charge is 0.359 e. The number of hydrogen-bond donors (Lipinski definition) is 0. The molecule has 2 rings (SSSR count). The highest BCUT2D eigenvalue weighted by atomic mass is 35.5. The van der Waals surface area contributed by atoms with E-state index in [2.05, 4.69) is 34.9 Å². The summed E-state index contributed by atoms with van der Waals surface area (Å²) in [4.78, 5) is 10.7. The highest BCUT2D eigenvalue weighted by molar-refractivity contribution is 6.17. The molecule has 100 valence electrons. The number of alkyl halides is 1. The average Bonchev–Trinajstić information content (AvgIpc) is 2.45. The minimum absolute atomic E-state index is 0.509. The molecule has 0 aliphatic carbocycles. The van der Waals surface area contributed by atoms with Gasteiger partial charge in [-0.2, -0.15) is 0 Å². The molecule has 0 saturated carbocycles. The average molecular weight is 276 g/mol. The van der Waals surface area contributed by atoms with Gasteiger partial charge in [-0.15, -0.1) is 11.6 Å². The van der Waals surface area contributed by atoms with Crippen LogP contribution in [-0.2, 0) is 12.3 Å². The van der Waals surface area contributed by atoms with Crippen molar-refractivity contribution in [3.05, 3.63) is 53.5 Å². The zero-order valence-corrected chi connectivity index (χ0v) is 12.1. The molecular weight excluding hydrogens is 258 g/mol. The van der Waals surface area contributed by atoms with Crippen LogP contribution in [0.5, 0.6) is 0 Å². The third-order valence-corrected chi connectivity index (χ3v) is 3.42. The first-order valence-corrected chi connectivity index (χ1v) is 6.85. The van der Waals surface area contributed by atoms with Crippen LogP contribution in [0.4, 0.5) is 5.82 Å². The number of anilines is 1. The van der Waals surface area contributed by atoms with Crippen molar-refractivity contribution in [1.82, 2.24) is 9.97 Å². The normalized spacial score (nSPS) is 10.5. The fraction of sp³-hybridized carbons (Fsp3) is 0.333. The molecule has 0 amide bonds. The van der Waals surface area contributed by atoms with E-state index in [4.69, 9.17) is 11.6 Å². The van der Waals surface area contributed by atoms with Crippen LogP contribution in [0.25, 0.3) is 0 Å². The molecule has 0 aliphatic heterocycles.